The first-order chi connectivity index (χ1) is 8.91. The summed E-state index contributed by atoms with van der Waals surface area (Å²) in [6.45, 7) is 20.9. The van der Waals surface area contributed by atoms with Crippen LogP contribution in [0, 0.1) is 17.8 Å². The average Bonchev–Trinajstić information content (AvgIpc) is 2.25. The van der Waals surface area contributed by atoms with E-state index in [1.54, 1.807) is 0 Å². The number of hydrogen-bond donors (Lipinski definition) is 0. The van der Waals surface area contributed by atoms with Gasteiger partial charge in [-0.15, -0.1) is 0 Å². The molecular weight excluding hydrogens is 284 g/mol. The van der Waals surface area contributed by atoms with Crippen LogP contribution in [0.2, 0.25) is 39.3 Å². The quantitative estimate of drug-likeness (QED) is 0.706. The molecule has 0 saturated carbocycles. The zero-order valence-corrected chi connectivity index (χ0v) is 16.8. The lowest BCUT2D eigenvalue weighted by Crippen LogP contribution is -2.51. The summed E-state index contributed by atoms with van der Waals surface area (Å²) in [6.07, 6.45) is 0.0948. The predicted molar refractivity (Wildman–Crippen MR) is 89.9 cm³/mol. The highest BCUT2D eigenvalue weighted by atomic mass is 28.4. The van der Waals surface area contributed by atoms with Gasteiger partial charge in [-0.05, 0) is 51.1 Å². The smallest absolute Gasteiger partial charge is 0.187 e. The van der Waals surface area contributed by atoms with Crippen LogP contribution in [0.5, 0.6) is 0 Å². The SMILES string of the molecule is CC1[C@@H](O[Si](C)(C)C)OC(CO[Si](C)(C)C)[C@H](C)[C@@H]1C. The topological polar surface area (TPSA) is 27.7 Å². The fourth-order valence-electron chi connectivity index (χ4n) is 2.49. The molecule has 0 N–H and O–H groups in total. The molecule has 1 fully saturated rings. The molecule has 1 heterocycles. The van der Waals surface area contributed by atoms with Crippen molar-refractivity contribution in [2.24, 2.45) is 17.8 Å². The number of hydrogen-bond acceptors (Lipinski definition) is 3. The summed E-state index contributed by atoms with van der Waals surface area (Å²) in [6, 6.07) is 0. The molecule has 1 aliphatic heterocycles. The minimum absolute atomic E-state index is 0.0666. The summed E-state index contributed by atoms with van der Waals surface area (Å²) in [5, 5.41) is 0. The second-order valence-electron chi connectivity index (χ2n) is 8.27. The maximum Gasteiger partial charge on any atom is 0.187 e. The minimum Gasteiger partial charge on any atom is -0.415 e. The van der Waals surface area contributed by atoms with Crippen molar-refractivity contribution in [1.82, 2.24) is 0 Å². The lowest BCUT2D eigenvalue weighted by Gasteiger charge is -2.45. The minimum atomic E-state index is -1.58. The predicted octanol–water partition coefficient (Wildman–Crippen LogP) is 4.32. The van der Waals surface area contributed by atoms with E-state index >= 15 is 0 Å². The Hall–Kier alpha value is 0.314. The second-order valence-corrected chi connectivity index (χ2v) is 17.2. The van der Waals surface area contributed by atoms with E-state index in [9.17, 15) is 0 Å². The number of ether oxygens (including phenoxy) is 1. The van der Waals surface area contributed by atoms with E-state index in [1.807, 2.05) is 0 Å². The van der Waals surface area contributed by atoms with Crippen LogP contribution in [0.4, 0.5) is 0 Å². The van der Waals surface area contributed by atoms with Crippen LogP contribution in [0.15, 0.2) is 0 Å². The monoisotopic (exact) mass is 318 g/mol. The first-order valence-corrected chi connectivity index (χ1v) is 14.7. The highest BCUT2D eigenvalue weighted by molar-refractivity contribution is 6.70. The Morgan fingerprint density at radius 2 is 1.35 bits per heavy atom. The standard InChI is InChI=1S/C15H34O3Si2/c1-11-12(2)14(10-16-19(4,5)6)17-15(13(11)3)18-20(7,8)9/h11-15H,10H2,1-9H3/t11-,12+,13?,14?,15+/m0/s1. The lowest BCUT2D eigenvalue weighted by molar-refractivity contribution is -0.222. The molecule has 0 aromatic carbocycles. The van der Waals surface area contributed by atoms with Crippen molar-refractivity contribution in [2.75, 3.05) is 6.61 Å². The van der Waals surface area contributed by atoms with Crippen molar-refractivity contribution in [3.05, 3.63) is 0 Å². The molecule has 0 radical (unpaired) electrons. The van der Waals surface area contributed by atoms with E-state index in [2.05, 4.69) is 60.1 Å². The highest BCUT2D eigenvalue weighted by Crippen LogP contribution is 2.36. The van der Waals surface area contributed by atoms with Crippen LogP contribution >= 0.6 is 0 Å². The van der Waals surface area contributed by atoms with E-state index in [-0.39, 0.29) is 12.4 Å². The Kier molecular flexibility index (Phi) is 6.07. The zero-order chi connectivity index (χ0) is 15.7. The first-order valence-electron chi connectivity index (χ1n) is 7.88. The Morgan fingerprint density at radius 3 is 1.80 bits per heavy atom. The molecule has 0 spiro atoms. The summed E-state index contributed by atoms with van der Waals surface area (Å²) < 4.78 is 18.6. The van der Waals surface area contributed by atoms with Gasteiger partial charge < -0.3 is 13.6 Å². The van der Waals surface area contributed by atoms with Crippen LogP contribution < -0.4 is 0 Å². The van der Waals surface area contributed by atoms with Gasteiger partial charge in [-0.1, -0.05) is 20.8 Å². The molecule has 1 saturated heterocycles. The molecule has 20 heavy (non-hydrogen) atoms. The first kappa shape index (κ1) is 18.4. The Balaban J connectivity index is 2.71. The fourth-order valence-corrected chi connectivity index (χ4v) is 4.12. The fraction of sp³-hybridized carbons (Fsp3) is 1.00. The van der Waals surface area contributed by atoms with Gasteiger partial charge in [0.15, 0.2) is 22.9 Å². The molecule has 120 valence electrons. The van der Waals surface area contributed by atoms with E-state index < -0.39 is 16.6 Å². The van der Waals surface area contributed by atoms with Crippen LogP contribution in [-0.4, -0.2) is 35.6 Å². The van der Waals surface area contributed by atoms with Gasteiger partial charge >= 0.3 is 0 Å². The average molecular weight is 319 g/mol. The van der Waals surface area contributed by atoms with Gasteiger partial charge in [-0.25, -0.2) is 0 Å². The molecule has 0 aliphatic carbocycles. The van der Waals surface area contributed by atoms with Crippen LogP contribution in [0.25, 0.3) is 0 Å². The molecular formula is C15H34O3Si2. The van der Waals surface area contributed by atoms with E-state index in [0.29, 0.717) is 24.4 Å². The molecule has 3 nitrogen and oxygen atoms in total. The third-order valence-corrected chi connectivity index (χ3v) is 6.11. The van der Waals surface area contributed by atoms with E-state index in [4.69, 9.17) is 13.6 Å². The second kappa shape index (κ2) is 6.61. The molecule has 1 aliphatic rings. The van der Waals surface area contributed by atoms with Gasteiger partial charge in [0.1, 0.15) is 0 Å². The van der Waals surface area contributed by atoms with Gasteiger partial charge in [0, 0.05) is 5.92 Å². The molecule has 0 bridgehead atoms. The van der Waals surface area contributed by atoms with E-state index in [0.717, 1.165) is 0 Å². The Labute approximate surface area is 127 Å². The Bertz CT molecular complexity index is 307. The van der Waals surface area contributed by atoms with Crippen LogP contribution in [-0.2, 0) is 13.6 Å². The van der Waals surface area contributed by atoms with Gasteiger partial charge in [0.05, 0.1) is 12.7 Å². The third kappa shape index (κ3) is 5.60. The molecule has 0 aromatic heterocycles. The molecule has 0 amide bonds. The van der Waals surface area contributed by atoms with Crippen molar-refractivity contribution in [2.45, 2.75) is 72.4 Å². The molecule has 0 aromatic rings. The van der Waals surface area contributed by atoms with Crippen molar-refractivity contribution in [3.8, 4) is 0 Å². The van der Waals surface area contributed by atoms with Crippen LogP contribution in [0.1, 0.15) is 20.8 Å². The highest BCUT2D eigenvalue weighted by Gasteiger charge is 2.41. The van der Waals surface area contributed by atoms with Crippen molar-refractivity contribution in [1.29, 1.82) is 0 Å². The molecule has 5 atom stereocenters. The van der Waals surface area contributed by atoms with Crippen molar-refractivity contribution >= 4 is 16.6 Å². The Morgan fingerprint density at radius 1 is 0.800 bits per heavy atom. The van der Waals surface area contributed by atoms with E-state index in [1.165, 1.54) is 0 Å². The van der Waals surface area contributed by atoms with Crippen molar-refractivity contribution in [3.63, 3.8) is 0 Å². The summed E-state index contributed by atoms with van der Waals surface area (Å²) >= 11 is 0. The van der Waals surface area contributed by atoms with Gasteiger partial charge in [-0.2, -0.15) is 0 Å². The maximum atomic E-state index is 6.26. The summed E-state index contributed by atoms with van der Waals surface area (Å²) in [4.78, 5) is 0. The summed E-state index contributed by atoms with van der Waals surface area (Å²) in [5.41, 5.74) is 0. The normalized spacial score (nSPS) is 36.1. The zero-order valence-electron chi connectivity index (χ0n) is 14.8. The van der Waals surface area contributed by atoms with Gasteiger partial charge in [0.25, 0.3) is 0 Å². The summed E-state index contributed by atoms with van der Waals surface area (Å²) in [5.74, 6) is 1.56. The lowest BCUT2D eigenvalue weighted by atomic mass is 9.79. The maximum absolute atomic E-state index is 6.26. The molecule has 2 unspecified atom stereocenters. The molecule has 1 rings (SSSR count). The van der Waals surface area contributed by atoms with Gasteiger partial charge in [-0.3, -0.25) is 0 Å². The van der Waals surface area contributed by atoms with Crippen LogP contribution in [0.3, 0.4) is 0 Å². The largest absolute Gasteiger partial charge is 0.415 e. The summed E-state index contributed by atoms with van der Waals surface area (Å²) in [7, 11) is -3.08. The van der Waals surface area contributed by atoms with Gasteiger partial charge in [0.2, 0.25) is 0 Å². The van der Waals surface area contributed by atoms with Crippen molar-refractivity contribution < 1.29 is 13.6 Å². The third-order valence-electron chi connectivity index (χ3n) is 4.13. The number of rotatable bonds is 5. The molecule has 5 heteroatoms.